The molecule has 0 aliphatic rings. The zero-order chi connectivity index (χ0) is 19.2. The van der Waals surface area contributed by atoms with E-state index in [-0.39, 0.29) is 18.0 Å². The molecule has 1 aromatic carbocycles. The normalized spacial score (nSPS) is 13.2. The summed E-state index contributed by atoms with van der Waals surface area (Å²) in [4.78, 5) is 11.7. The molecule has 0 aromatic heterocycles. The molecule has 0 radical (unpaired) electrons. The summed E-state index contributed by atoms with van der Waals surface area (Å²) in [6, 6.07) is 8.32. The zero-order valence-electron chi connectivity index (χ0n) is 17.3. The standard InChI is InChI=1S/C23H38O3/c1-5-7-8-9-10-11-12-13-21-14-16-22(17-15-21)26-20(4)18-25-23(24)19(3)6-2/h14-17,19-20H,5-13,18H2,1-4H3. The van der Waals surface area contributed by atoms with Crippen molar-refractivity contribution in [2.75, 3.05) is 6.61 Å². The van der Waals surface area contributed by atoms with Gasteiger partial charge in [0.2, 0.25) is 0 Å². The summed E-state index contributed by atoms with van der Waals surface area (Å²) in [7, 11) is 0. The van der Waals surface area contributed by atoms with Gasteiger partial charge in [0.1, 0.15) is 18.5 Å². The Morgan fingerprint density at radius 1 is 0.923 bits per heavy atom. The van der Waals surface area contributed by atoms with Crippen molar-refractivity contribution in [2.24, 2.45) is 5.92 Å². The monoisotopic (exact) mass is 362 g/mol. The predicted molar refractivity (Wildman–Crippen MR) is 109 cm³/mol. The number of rotatable bonds is 14. The number of benzene rings is 1. The second kappa shape index (κ2) is 13.7. The number of carbonyl (C=O) groups is 1. The SMILES string of the molecule is CCCCCCCCCc1ccc(OC(C)COC(=O)C(C)CC)cc1. The van der Waals surface area contributed by atoms with Crippen molar-refractivity contribution in [2.45, 2.75) is 91.6 Å². The molecule has 2 atom stereocenters. The average Bonchev–Trinajstić information content (AvgIpc) is 2.66. The van der Waals surface area contributed by atoms with Gasteiger partial charge in [0.05, 0.1) is 5.92 Å². The van der Waals surface area contributed by atoms with Crippen LogP contribution in [0.2, 0.25) is 0 Å². The van der Waals surface area contributed by atoms with E-state index in [1.54, 1.807) is 0 Å². The molecule has 0 spiro atoms. The number of hydrogen-bond acceptors (Lipinski definition) is 3. The fraction of sp³-hybridized carbons (Fsp3) is 0.696. The van der Waals surface area contributed by atoms with Crippen LogP contribution in [0.4, 0.5) is 0 Å². The molecule has 0 saturated carbocycles. The molecule has 1 aromatic rings. The van der Waals surface area contributed by atoms with Crippen LogP contribution < -0.4 is 4.74 Å². The molecule has 148 valence electrons. The molecule has 3 nitrogen and oxygen atoms in total. The van der Waals surface area contributed by atoms with E-state index in [1.165, 1.54) is 50.5 Å². The summed E-state index contributed by atoms with van der Waals surface area (Å²) in [6.45, 7) is 8.35. The van der Waals surface area contributed by atoms with E-state index in [9.17, 15) is 4.79 Å². The molecule has 0 heterocycles. The molecule has 26 heavy (non-hydrogen) atoms. The lowest BCUT2D eigenvalue weighted by Gasteiger charge is -2.16. The fourth-order valence-electron chi connectivity index (χ4n) is 2.80. The predicted octanol–water partition coefficient (Wildman–Crippen LogP) is 6.34. The van der Waals surface area contributed by atoms with E-state index in [0.29, 0.717) is 6.61 Å². The van der Waals surface area contributed by atoms with E-state index < -0.39 is 0 Å². The summed E-state index contributed by atoms with van der Waals surface area (Å²) in [5.41, 5.74) is 1.36. The van der Waals surface area contributed by atoms with Crippen LogP contribution in [0.15, 0.2) is 24.3 Å². The number of aryl methyl sites for hydroxylation is 1. The van der Waals surface area contributed by atoms with Gasteiger partial charge in [0.25, 0.3) is 0 Å². The zero-order valence-corrected chi connectivity index (χ0v) is 17.3. The van der Waals surface area contributed by atoms with Crippen molar-refractivity contribution >= 4 is 5.97 Å². The number of hydrogen-bond donors (Lipinski definition) is 0. The second-order valence-corrected chi connectivity index (χ2v) is 7.38. The first-order valence-electron chi connectivity index (χ1n) is 10.5. The minimum absolute atomic E-state index is 0.0480. The Morgan fingerprint density at radius 2 is 1.54 bits per heavy atom. The highest BCUT2D eigenvalue weighted by atomic mass is 16.6. The van der Waals surface area contributed by atoms with Crippen molar-refractivity contribution < 1.29 is 14.3 Å². The Labute approximate surface area is 160 Å². The lowest BCUT2D eigenvalue weighted by Crippen LogP contribution is -2.24. The summed E-state index contributed by atoms with van der Waals surface area (Å²) < 4.78 is 11.1. The van der Waals surface area contributed by atoms with Gasteiger partial charge in [0, 0.05) is 0 Å². The van der Waals surface area contributed by atoms with Crippen LogP contribution in [0.25, 0.3) is 0 Å². The van der Waals surface area contributed by atoms with Crippen molar-refractivity contribution in [3.63, 3.8) is 0 Å². The maximum Gasteiger partial charge on any atom is 0.308 e. The van der Waals surface area contributed by atoms with E-state index in [1.807, 2.05) is 32.9 Å². The summed E-state index contributed by atoms with van der Waals surface area (Å²) in [5.74, 6) is 0.640. The van der Waals surface area contributed by atoms with Crippen molar-refractivity contribution in [3.05, 3.63) is 29.8 Å². The molecule has 3 heteroatoms. The third kappa shape index (κ3) is 9.84. The first-order valence-corrected chi connectivity index (χ1v) is 10.5. The van der Waals surface area contributed by atoms with E-state index in [4.69, 9.17) is 9.47 Å². The molecular weight excluding hydrogens is 324 g/mol. The molecule has 0 fully saturated rings. The van der Waals surface area contributed by atoms with Crippen molar-refractivity contribution in [1.29, 1.82) is 0 Å². The highest BCUT2D eigenvalue weighted by Crippen LogP contribution is 2.17. The second-order valence-electron chi connectivity index (χ2n) is 7.38. The van der Waals surface area contributed by atoms with E-state index in [2.05, 4.69) is 19.1 Å². The van der Waals surface area contributed by atoms with Gasteiger partial charge in [-0.15, -0.1) is 0 Å². The van der Waals surface area contributed by atoms with Gasteiger partial charge in [-0.05, 0) is 43.9 Å². The smallest absolute Gasteiger partial charge is 0.308 e. The van der Waals surface area contributed by atoms with Gasteiger partial charge in [0.15, 0.2) is 0 Å². The van der Waals surface area contributed by atoms with Crippen LogP contribution >= 0.6 is 0 Å². The molecule has 0 amide bonds. The maximum absolute atomic E-state index is 11.7. The Balaban J connectivity index is 2.22. The summed E-state index contributed by atoms with van der Waals surface area (Å²) in [5, 5.41) is 0. The molecule has 0 saturated heterocycles. The van der Waals surface area contributed by atoms with Crippen LogP contribution in [0.3, 0.4) is 0 Å². The van der Waals surface area contributed by atoms with Gasteiger partial charge in [-0.25, -0.2) is 0 Å². The summed E-state index contributed by atoms with van der Waals surface area (Å²) in [6.07, 6.45) is 11.2. The van der Waals surface area contributed by atoms with Gasteiger partial charge in [-0.1, -0.05) is 71.4 Å². The third-order valence-corrected chi connectivity index (χ3v) is 4.80. The fourth-order valence-corrected chi connectivity index (χ4v) is 2.80. The van der Waals surface area contributed by atoms with Crippen molar-refractivity contribution in [3.8, 4) is 5.75 Å². The van der Waals surface area contributed by atoms with Gasteiger partial charge in [-0.2, -0.15) is 0 Å². The van der Waals surface area contributed by atoms with Gasteiger partial charge < -0.3 is 9.47 Å². The highest BCUT2D eigenvalue weighted by Gasteiger charge is 2.14. The Bertz CT molecular complexity index is 481. The molecule has 0 bridgehead atoms. The number of unbranched alkanes of at least 4 members (excludes halogenated alkanes) is 6. The third-order valence-electron chi connectivity index (χ3n) is 4.80. The number of carbonyl (C=O) groups excluding carboxylic acids is 1. The molecule has 0 aliphatic carbocycles. The van der Waals surface area contributed by atoms with Gasteiger partial charge >= 0.3 is 5.97 Å². The molecule has 0 aliphatic heterocycles. The minimum atomic E-state index is -0.145. The number of ether oxygens (including phenoxy) is 2. The molecule has 2 unspecified atom stereocenters. The Hall–Kier alpha value is -1.51. The van der Waals surface area contributed by atoms with E-state index >= 15 is 0 Å². The number of esters is 1. The van der Waals surface area contributed by atoms with Crippen LogP contribution in [0.1, 0.15) is 84.6 Å². The summed E-state index contributed by atoms with van der Waals surface area (Å²) >= 11 is 0. The average molecular weight is 363 g/mol. The topological polar surface area (TPSA) is 35.5 Å². The minimum Gasteiger partial charge on any atom is -0.487 e. The first-order chi connectivity index (χ1) is 12.6. The lowest BCUT2D eigenvalue weighted by atomic mass is 10.0. The largest absolute Gasteiger partial charge is 0.487 e. The Morgan fingerprint density at radius 3 is 2.15 bits per heavy atom. The quantitative estimate of drug-likeness (QED) is 0.286. The molecule has 1 rings (SSSR count). The maximum atomic E-state index is 11.7. The van der Waals surface area contributed by atoms with Crippen LogP contribution in [0, 0.1) is 5.92 Å². The molecule has 0 N–H and O–H groups in total. The van der Waals surface area contributed by atoms with Crippen LogP contribution in [-0.2, 0) is 16.0 Å². The van der Waals surface area contributed by atoms with Crippen LogP contribution in [-0.4, -0.2) is 18.7 Å². The first kappa shape index (κ1) is 22.5. The van der Waals surface area contributed by atoms with Crippen LogP contribution in [0.5, 0.6) is 5.75 Å². The Kier molecular flexibility index (Phi) is 11.8. The van der Waals surface area contributed by atoms with Crippen molar-refractivity contribution in [1.82, 2.24) is 0 Å². The van der Waals surface area contributed by atoms with Gasteiger partial charge in [-0.3, -0.25) is 4.79 Å². The van der Waals surface area contributed by atoms with E-state index in [0.717, 1.165) is 18.6 Å². The highest BCUT2D eigenvalue weighted by molar-refractivity contribution is 5.71. The lowest BCUT2D eigenvalue weighted by molar-refractivity contribution is -0.150. The molecular formula is C23H38O3.